The van der Waals surface area contributed by atoms with E-state index in [1.807, 2.05) is 11.8 Å². The normalized spacial score (nSPS) is 19.5. The Morgan fingerprint density at radius 1 is 1.21 bits per heavy atom. The molecule has 1 aliphatic heterocycles. The molecule has 0 radical (unpaired) electrons. The van der Waals surface area contributed by atoms with Crippen molar-refractivity contribution >= 4 is 11.8 Å². The molecule has 0 spiro atoms. The van der Waals surface area contributed by atoms with Gasteiger partial charge in [0.1, 0.15) is 0 Å². The van der Waals surface area contributed by atoms with E-state index in [0.717, 1.165) is 6.54 Å². The number of hydrogen-bond acceptors (Lipinski definition) is 3. The Kier molecular flexibility index (Phi) is 5.74. The molecular weight excluding hydrogens is 252 g/mol. The smallest absolute Gasteiger partial charge is 0.0303 e. The van der Waals surface area contributed by atoms with Crippen LogP contribution >= 0.6 is 11.8 Å². The SMILES string of the molecule is CSC1(CN)CCN(CCCc2ccccc2)CC1. The number of piperidine rings is 1. The zero-order chi connectivity index (χ0) is 13.6. The van der Waals surface area contributed by atoms with Crippen LogP contribution in [0.4, 0.5) is 0 Å². The lowest BCUT2D eigenvalue weighted by Gasteiger charge is -2.40. The molecule has 0 aromatic heterocycles. The number of aryl methyl sites for hydroxylation is 1. The van der Waals surface area contributed by atoms with Gasteiger partial charge in [0.15, 0.2) is 0 Å². The molecule has 1 aromatic carbocycles. The summed E-state index contributed by atoms with van der Waals surface area (Å²) in [4.78, 5) is 2.60. The number of hydrogen-bond donors (Lipinski definition) is 1. The van der Waals surface area contributed by atoms with E-state index in [9.17, 15) is 0 Å². The lowest BCUT2D eigenvalue weighted by atomic mass is 9.95. The highest BCUT2D eigenvalue weighted by Crippen LogP contribution is 2.33. The van der Waals surface area contributed by atoms with E-state index in [0.29, 0.717) is 4.75 Å². The first-order chi connectivity index (χ1) is 9.28. The van der Waals surface area contributed by atoms with E-state index in [1.165, 1.54) is 50.9 Å². The third-order valence-corrected chi connectivity index (χ3v) is 5.80. The van der Waals surface area contributed by atoms with Crippen molar-refractivity contribution in [2.24, 2.45) is 5.73 Å². The Hall–Kier alpha value is -0.510. The summed E-state index contributed by atoms with van der Waals surface area (Å²) in [7, 11) is 0. The Balaban J connectivity index is 1.69. The molecule has 2 rings (SSSR count). The topological polar surface area (TPSA) is 29.3 Å². The first-order valence-electron chi connectivity index (χ1n) is 7.29. The number of thioether (sulfide) groups is 1. The summed E-state index contributed by atoms with van der Waals surface area (Å²) in [6.45, 7) is 4.48. The quantitative estimate of drug-likeness (QED) is 0.867. The summed E-state index contributed by atoms with van der Waals surface area (Å²) in [5.41, 5.74) is 7.39. The van der Waals surface area contributed by atoms with Crippen LogP contribution in [0.15, 0.2) is 30.3 Å². The third-order valence-electron chi connectivity index (χ3n) is 4.35. The second-order valence-corrected chi connectivity index (χ2v) is 6.80. The maximum absolute atomic E-state index is 5.93. The summed E-state index contributed by atoms with van der Waals surface area (Å²) >= 11 is 1.96. The van der Waals surface area contributed by atoms with Crippen LogP contribution in [0.3, 0.4) is 0 Å². The minimum atomic E-state index is 0.357. The molecule has 1 aromatic rings. The predicted octanol–water partition coefficient (Wildman–Crippen LogP) is 2.78. The van der Waals surface area contributed by atoms with Crippen molar-refractivity contribution in [2.45, 2.75) is 30.4 Å². The molecule has 1 heterocycles. The Morgan fingerprint density at radius 2 is 1.89 bits per heavy atom. The largest absolute Gasteiger partial charge is 0.329 e. The summed E-state index contributed by atoms with van der Waals surface area (Å²) in [6, 6.07) is 10.8. The molecule has 0 saturated carbocycles. The lowest BCUT2D eigenvalue weighted by Crippen LogP contribution is -2.46. The van der Waals surface area contributed by atoms with Crippen LogP contribution in [0.5, 0.6) is 0 Å². The van der Waals surface area contributed by atoms with E-state index in [4.69, 9.17) is 5.73 Å². The van der Waals surface area contributed by atoms with Crippen molar-refractivity contribution in [3.05, 3.63) is 35.9 Å². The molecule has 0 unspecified atom stereocenters. The average Bonchev–Trinajstić information content (AvgIpc) is 2.49. The van der Waals surface area contributed by atoms with Gasteiger partial charge in [0.05, 0.1) is 0 Å². The molecule has 2 nitrogen and oxygen atoms in total. The molecule has 2 N–H and O–H groups in total. The standard InChI is InChI=1S/C16H26N2S/c1-19-16(14-17)9-12-18(13-10-16)11-5-8-15-6-3-2-4-7-15/h2-4,6-7H,5,8-14,17H2,1H3. The number of benzene rings is 1. The van der Waals surface area contributed by atoms with E-state index in [-0.39, 0.29) is 0 Å². The van der Waals surface area contributed by atoms with Gasteiger partial charge < -0.3 is 10.6 Å². The molecule has 106 valence electrons. The summed E-state index contributed by atoms with van der Waals surface area (Å²) in [5, 5.41) is 0. The third kappa shape index (κ3) is 4.23. The van der Waals surface area contributed by atoms with E-state index < -0.39 is 0 Å². The molecule has 1 aliphatic rings. The highest BCUT2D eigenvalue weighted by molar-refractivity contribution is 8.00. The Morgan fingerprint density at radius 3 is 2.47 bits per heavy atom. The van der Waals surface area contributed by atoms with Crippen LogP contribution < -0.4 is 5.73 Å². The van der Waals surface area contributed by atoms with Crippen molar-refractivity contribution < 1.29 is 0 Å². The summed E-state index contributed by atoms with van der Waals surface area (Å²) in [6.07, 6.45) is 7.16. The first-order valence-corrected chi connectivity index (χ1v) is 8.52. The first kappa shape index (κ1) is 14.9. The van der Waals surface area contributed by atoms with Gasteiger partial charge in [0.2, 0.25) is 0 Å². The zero-order valence-electron chi connectivity index (χ0n) is 12.0. The van der Waals surface area contributed by atoms with Gasteiger partial charge >= 0.3 is 0 Å². The average molecular weight is 278 g/mol. The minimum Gasteiger partial charge on any atom is -0.329 e. The van der Waals surface area contributed by atoms with Gasteiger partial charge in [-0.2, -0.15) is 11.8 Å². The molecule has 3 heteroatoms. The van der Waals surface area contributed by atoms with Gasteiger partial charge in [0.25, 0.3) is 0 Å². The fourth-order valence-corrected chi connectivity index (χ4v) is 3.58. The van der Waals surface area contributed by atoms with Gasteiger partial charge in [-0.05, 0) is 57.1 Å². The van der Waals surface area contributed by atoms with Crippen LogP contribution in [0.25, 0.3) is 0 Å². The number of nitrogens with two attached hydrogens (primary N) is 1. The van der Waals surface area contributed by atoms with Crippen LogP contribution in [0.2, 0.25) is 0 Å². The van der Waals surface area contributed by atoms with Crippen molar-refractivity contribution in [3.63, 3.8) is 0 Å². The van der Waals surface area contributed by atoms with Gasteiger partial charge in [-0.1, -0.05) is 30.3 Å². The van der Waals surface area contributed by atoms with E-state index in [1.54, 1.807) is 0 Å². The predicted molar refractivity (Wildman–Crippen MR) is 85.7 cm³/mol. The Bertz CT molecular complexity index is 352. The number of nitrogens with zero attached hydrogens (tertiary/aromatic N) is 1. The van der Waals surface area contributed by atoms with Crippen molar-refractivity contribution in [1.29, 1.82) is 0 Å². The van der Waals surface area contributed by atoms with Crippen molar-refractivity contribution in [3.8, 4) is 0 Å². The number of rotatable bonds is 6. The van der Waals surface area contributed by atoms with Crippen molar-refractivity contribution in [2.75, 3.05) is 32.4 Å². The highest BCUT2D eigenvalue weighted by atomic mass is 32.2. The molecule has 1 fully saturated rings. The maximum atomic E-state index is 5.93. The van der Waals surface area contributed by atoms with Crippen LogP contribution in [-0.4, -0.2) is 42.1 Å². The van der Waals surface area contributed by atoms with Crippen LogP contribution in [0.1, 0.15) is 24.8 Å². The lowest BCUT2D eigenvalue weighted by molar-refractivity contribution is 0.200. The summed E-state index contributed by atoms with van der Waals surface area (Å²) in [5.74, 6) is 0. The van der Waals surface area contributed by atoms with Gasteiger partial charge in [0, 0.05) is 11.3 Å². The molecule has 19 heavy (non-hydrogen) atoms. The van der Waals surface area contributed by atoms with Gasteiger partial charge in [-0.3, -0.25) is 0 Å². The molecule has 1 saturated heterocycles. The molecule has 0 amide bonds. The van der Waals surface area contributed by atoms with E-state index >= 15 is 0 Å². The zero-order valence-corrected chi connectivity index (χ0v) is 12.8. The second kappa shape index (κ2) is 7.32. The molecule has 0 aliphatic carbocycles. The minimum absolute atomic E-state index is 0.357. The van der Waals surface area contributed by atoms with Crippen LogP contribution in [-0.2, 0) is 6.42 Å². The monoisotopic (exact) mass is 278 g/mol. The highest BCUT2D eigenvalue weighted by Gasteiger charge is 2.32. The van der Waals surface area contributed by atoms with Crippen LogP contribution in [0, 0.1) is 0 Å². The summed E-state index contributed by atoms with van der Waals surface area (Å²) < 4.78 is 0.357. The molecular formula is C16H26N2S. The second-order valence-electron chi connectivity index (χ2n) is 5.52. The van der Waals surface area contributed by atoms with Crippen molar-refractivity contribution in [1.82, 2.24) is 4.90 Å². The van der Waals surface area contributed by atoms with Gasteiger partial charge in [-0.25, -0.2) is 0 Å². The fraction of sp³-hybridized carbons (Fsp3) is 0.625. The van der Waals surface area contributed by atoms with Gasteiger partial charge in [-0.15, -0.1) is 0 Å². The van der Waals surface area contributed by atoms with E-state index in [2.05, 4.69) is 41.5 Å². The molecule has 0 atom stereocenters. The fourth-order valence-electron chi connectivity index (χ4n) is 2.83. The molecule has 0 bridgehead atoms. The maximum Gasteiger partial charge on any atom is 0.0303 e. The Labute approximate surface area is 121 Å². The number of likely N-dealkylation sites (tertiary alicyclic amines) is 1.